The smallest absolute Gasteiger partial charge is 0.273 e. The van der Waals surface area contributed by atoms with Crippen molar-refractivity contribution in [3.8, 4) is 0 Å². The lowest BCUT2D eigenvalue weighted by Gasteiger charge is -2.05. The molecule has 0 bridgehead atoms. The van der Waals surface area contributed by atoms with Gasteiger partial charge in [-0.25, -0.2) is 13.6 Å². The van der Waals surface area contributed by atoms with Gasteiger partial charge in [-0.3, -0.25) is 9.89 Å². The molecule has 8 nitrogen and oxygen atoms in total. The SMILES string of the molecule is Cc1[nH]nc(C(=O)NCCOCC2CC2)c1S(N)(=O)=O. The van der Waals surface area contributed by atoms with Gasteiger partial charge in [0.05, 0.1) is 12.3 Å². The van der Waals surface area contributed by atoms with Crippen LogP contribution < -0.4 is 10.5 Å². The van der Waals surface area contributed by atoms with E-state index in [-0.39, 0.29) is 16.3 Å². The standard InChI is InChI=1S/C11H18N4O4S/c1-7-10(20(12,17)18)9(15-14-7)11(16)13-4-5-19-6-8-2-3-8/h8H,2-6H2,1H3,(H,13,16)(H,14,15)(H2,12,17,18). The molecule has 1 amide bonds. The van der Waals surface area contributed by atoms with Crippen LogP contribution in [0.15, 0.2) is 4.90 Å². The maximum atomic E-state index is 11.9. The maximum Gasteiger partial charge on any atom is 0.273 e. The minimum Gasteiger partial charge on any atom is -0.379 e. The number of aryl methyl sites for hydroxylation is 1. The Morgan fingerprint density at radius 2 is 2.25 bits per heavy atom. The summed E-state index contributed by atoms with van der Waals surface area (Å²) in [5.41, 5.74) is 0.0230. The van der Waals surface area contributed by atoms with Gasteiger partial charge in [-0.15, -0.1) is 0 Å². The van der Waals surface area contributed by atoms with Crippen molar-refractivity contribution >= 4 is 15.9 Å². The molecule has 1 aliphatic rings. The summed E-state index contributed by atoms with van der Waals surface area (Å²) in [5.74, 6) is 0.0714. The lowest BCUT2D eigenvalue weighted by Crippen LogP contribution is -2.29. The number of primary sulfonamides is 1. The molecule has 0 saturated heterocycles. The fourth-order valence-electron chi connectivity index (χ4n) is 1.78. The summed E-state index contributed by atoms with van der Waals surface area (Å²) in [4.78, 5) is 11.6. The van der Waals surface area contributed by atoms with Gasteiger partial charge in [0.15, 0.2) is 5.69 Å². The lowest BCUT2D eigenvalue weighted by molar-refractivity contribution is 0.0899. The van der Waals surface area contributed by atoms with E-state index in [4.69, 9.17) is 9.88 Å². The largest absolute Gasteiger partial charge is 0.379 e. The highest BCUT2D eigenvalue weighted by molar-refractivity contribution is 7.89. The first kappa shape index (κ1) is 14.9. The number of H-pyrrole nitrogens is 1. The normalized spacial score (nSPS) is 15.3. The molecule has 2 rings (SSSR count). The summed E-state index contributed by atoms with van der Waals surface area (Å²) < 4.78 is 28.2. The third-order valence-electron chi connectivity index (χ3n) is 2.97. The second kappa shape index (κ2) is 5.90. The first-order valence-electron chi connectivity index (χ1n) is 6.33. The molecule has 0 aliphatic heterocycles. The molecule has 9 heteroatoms. The number of hydrogen-bond donors (Lipinski definition) is 3. The first-order valence-corrected chi connectivity index (χ1v) is 7.88. The topological polar surface area (TPSA) is 127 Å². The van der Waals surface area contributed by atoms with Crippen LogP contribution in [0.2, 0.25) is 0 Å². The van der Waals surface area contributed by atoms with Crippen LogP contribution in [0.4, 0.5) is 0 Å². The molecule has 0 spiro atoms. The van der Waals surface area contributed by atoms with Crippen molar-refractivity contribution in [2.24, 2.45) is 11.1 Å². The monoisotopic (exact) mass is 302 g/mol. The Balaban J connectivity index is 1.88. The Morgan fingerprint density at radius 3 is 2.85 bits per heavy atom. The molecule has 1 saturated carbocycles. The molecule has 1 fully saturated rings. The second-order valence-corrected chi connectivity index (χ2v) is 6.34. The zero-order valence-corrected chi connectivity index (χ0v) is 12.0. The zero-order chi connectivity index (χ0) is 14.8. The van der Waals surface area contributed by atoms with Crippen LogP contribution in [0.1, 0.15) is 29.0 Å². The van der Waals surface area contributed by atoms with Gasteiger partial charge in [0.1, 0.15) is 4.90 Å². The van der Waals surface area contributed by atoms with Crippen LogP contribution >= 0.6 is 0 Å². The highest BCUT2D eigenvalue weighted by Gasteiger charge is 2.25. The number of hydrogen-bond acceptors (Lipinski definition) is 5. The van der Waals surface area contributed by atoms with Crippen molar-refractivity contribution in [3.05, 3.63) is 11.4 Å². The Morgan fingerprint density at radius 1 is 1.55 bits per heavy atom. The molecule has 4 N–H and O–H groups in total. The number of rotatable bonds is 7. The van der Waals surface area contributed by atoms with Gasteiger partial charge in [-0.2, -0.15) is 5.10 Å². The van der Waals surface area contributed by atoms with Crippen molar-refractivity contribution in [2.75, 3.05) is 19.8 Å². The Hall–Kier alpha value is -1.45. The number of carbonyl (C=O) groups excluding carboxylic acids is 1. The van der Waals surface area contributed by atoms with E-state index < -0.39 is 15.9 Å². The number of aromatic amines is 1. The maximum absolute atomic E-state index is 11.9. The van der Waals surface area contributed by atoms with E-state index in [1.807, 2.05) is 0 Å². The van der Waals surface area contributed by atoms with Gasteiger partial charge in [-0.1, -0.05) is 0 Å². The first-order chi connectivity index (χ1) is 9.39. The molecule has 112 valence electrons. The van der Waals surface area contributed by atoms with Gasteiger partial charge in [0, 0.05) is 13.2 Å². The number of nitrogens with two attached hydrogens (primary N) is 1. The van der Waals surface area contributed by atoms with Crippen molar-refractivity contribution in [3.63, 3.8) is 0 Å². The van der Waals surface area contributed by atoms with Crippen LogP contribution in [-0.4, -0.2) is 44.3 Å². The molecule has 1 aliphatic carbocycles. The van der Waals surface area contributed by atoms with Crippen molar-refractivity contribution in [1.29, 1.82) is 0 Å². The summed E-state index contributed by atoms with van der Waals surface area (Å²) in [6.45, 7) is 2.87. The minimum atomic E-state index is -3.99. The van der Waals surface area contributed by atoms with Gasteiger partial charge in [0.25, 0.3) is 5.91 Å². The molecule has 0 unspecified atom stereocenters. The van der Waals surface area contributed by atoms with Gasteiger partial charge in [-0.05, 0) is 25.7 Å². The number of sulfonamides is 1. The summed E-state index contributed by atoms with van der Waals surface area (Å²) in [5, 5.41) is 13.7. The lowest BCUT2D eigenvalue weighted by atomic mass is 10.3. The van der Waals surface area contributed by atoms with Crippen molar-refractivity contribution in [1.82, 2.24) is 15.5 Å². The van der Waals surface area contributed by atoms with Crippen LogP contribution in [0.3, 0.4) is 0 Å². The molecule has 0 radical (unpaired) electrons. The van der Waals surface area contributed by atoms with Crippen molar-refractivity contribution in [2.45, 2.75) is 24.7 Å². The number of nitrogens with one attached hydrogen (secondary N) is 2. The summed E-state index contributed by atoms with van der Waals surface area (Å²) in [7, 11) is -3.99. The van der Waals surface area contributed by atoms with Crippen LogP contribution in [0.5, 0.6) is 0 Å². The highest BCUT2D eigenvalue weighted by Crippen LogP contribution is 2.28. The third kappa shape index (κ3) is 3.78. The summed E-state index contributed by atoms with van der Waals surface area (Å²) in [6, 6.07) is 0. The number of amides is 1. The second-order valence-electron chi connectivity index (χ2n) is 4.85. The van der Waals surface area contributed by atoms with Gasteiger partial charge < -0.3 is 10.1 Å². The number of nitrogens with zero attached hydrogens (tertiary/aromatic N) is 1. The summed E-state index contributed by atoms with van der Waals surface area (Å²) in [6.07, 6.45) is 2.41. The fourth-order valence-corrected chi connectivity index (χ4v) is 2.66. The molecule has 20 heavy (non-hydrogen) atoms. The van der Waals surface area contributed by atoms with E-state index in [9.17, 15) is 13.2 Å². The van der Waals surface area contributed by atoms with E-state index in [1.165, 1.54) is 19.8 Å². The molecule has 0 atom stereocenters. The predicted octanol–water partition coefficient (Wildman–Crippen LogP) is -0.478. The molecular weight excluding hydrogens is 284 g/mol. The quantitative estimate of drug-likeness (QED) is 0.586. The average molecular weight is 302 g/mol. The number of ether oxygens (including phenoxy) is 1. The highest BCUT2D eigenvalue weighted by atomic mass is 32.2. The molecule has 1 aromatic heterocycles. The Bertz CT molecular complexity index is 592. The molecular formula is C11H18N4O4S. The number of aromatic nitrogens is 2. The van der Waals surface area contributed by atoms with Crippen LogP contribution in [-0.2, 0) is 14.8 Å². The molecule has 1 heterocycles. The third-order valence-corrected chi connectivity index (χ3v) is 4.04. The Labute approximate surface area is 117 Å². The van der Waals surface area contributed by atoms with E-state index in [1.54, 1.807) is 0 Å². The predicted molar refractivity (Wildman–Crippen MR) is 70.6 cm³/mol. The Kier molecular flexibility index (Phi) is 4.41. The summed E-state index contributed by atoms with van der Waals surface area (Å²) >= 11 is 0. The average Bonchev–Trinajstić information content (AvgIpc) is 3.08. The molecule has 0 aromatic carbocycles. The van der Waals surface area contributed by atoms with E-state index in [2.05, 4.69) is 15.5 Å². The van der Waals surface area contributed by atoms with Gasteiger partial charge in [0.2, 0.25) is 10.0 Å². The number of carbonyl (C=O) groups is 1. The van der Waals surface area contributed by atoms with E-state index in [0.29, 0.717) is 25.7 Å². The van der Waals surface area contributed by atoms with Crippen LogP contribution in [0, 0.1) is 12.8 Å². The van der Waals surface area contributed by atoms with Crippen molar-refractivity contribution < 1.29 is 17.9 Å². The van der Waals surface area contributed by atoms with Crippen LogP contribution in [0.25, 0.3) is 0 Å². The molecule has 1 aromatic rings. The van der Waals surface area contributed by atoms with E-state index >= 15 is 0 Å². The minimum absolute atomic E-state index is 0.216. The fraction of sp³-hybridized carbons (Fsp3) is 0.636. The van der Waals surface area contributed by atoms with Gasteiger partial charge >= 0.3 is 0 Å². The zero-order valence-electron chi connectivity index (χ0n) is 11.2. The van der Waals surface area contributed by atoms with E-state index in [0.717, 1.165) is 0 Å².